The van der Waals surface area contributed by atoms with Crippen molar-refractivity contribution < 1.29 is 18.3 Å². The Balaban J connectivity index is 2.77. The summed E-state index contributed by atoms with van der Waals surface area (Å²) in [5.41, 5.74) is 5.04. The first kappa shape index (κ1) is 15.8. The van der Waals surface area contributed by atoms with Gasteiger partial charge in [0, 0.05) is 19.1 Å². The second kappa shape index (κ2) is 6.25. The van der Waals surface area contributed by atoms with Crippen LogP contribution in [-0.2, 0) is 4.74 Å². The fraction of sp³-hybridized carbons (Fsp3) is 0.462. The lowest BCUT2D eigenvalue weighted by atomic mass is 10.1. The molecule has 0 radical (unpaired) electrons. The average Bonchev–Trinajstić information content (AvgIpc) is 2.32. The summed E-state index contributed by atoms with van der Waals surface area (Å²) in [5, 5.41) is 0. The van der Waals surface area contributed by atoms with Gasteiger partial charge in [0.05, 0.1) is 12.2 Å². The molecule has 0 aliphatic heterocycles. The zero-order valence-electron chi connectivity index (χ0n) is 11.1. The molecule has 0 saturated carbocycles. The van der Waals surface area contributed by atoms with Crippen molar-refractivity contribution in [3.8, 4) is 5.75 Å². The van der Waals surface area contributed by atoms with Gasteiger partial charge >= 0.3 is 0 Å². The molecule has 0 aliphatic rings. The van der Waals surface area contributed by atoms with Crippen LogP contribution in [0.25, 0.3) is 0 Å². The first-order chi connectivity index (χ1) is 8.76. The predicted octanol–water partition coefficient (Wildman–Crippen LogP) is 2.79. The largest absolute Gasteiger partial charge is 0.487 e. The number of ether oxygens (including phenoxy) is 2. The van der Waals surface area contributed by atoms with Gasteiger partial charge in [0.1, 0.15) is 4.99 Å². The van der Waals surface area contributed by atoms with E-state index in [1.807, 2.05) is 13.8 Å². The molecule has 19 heavy (non-hydrogen) atoms. The Labute approximate surface area is 116 Å². The van der Waals surface area contributed by atoms with E-state index >= 15 is 0 Å². The van der Waals surface area contributed by atoms with Crippen molar-refractivity contribution in [2.24, 2.45) is 5.73 Å². The monoisotopic (exact) mass is 289 g/mol. The summed E-state index contributed by atoms with van der Waals surface area (Å²) in [6.07, 6.45) is 0.499. The standard InChI is InChI=1S/C13H17F2NO2S/c1-13(2,17-3)4-5-18-11-9(14)6-8(12(16)19)7-10(11)15/h6-7H,4-5H2,1-3H3,(H2,16,19). The molecule has 1 aromatic carbocycles. The molecule has 0 atom stereocenters. The molecule has 3 nitrogen and oxygen atoms in total. The number of rotatable bonds is 6. The Morgan fingerprint density at radius 2 is 1.84 bits per heavy atom. The summed E-state index contributed by atoms with van der Waals surface area (Å²) in [6.45, 7) is 3.86. The molecule has 0 unspecified atom stereocenters. The highest BCUT2D eigenvalue weighted by Crippen LogP contribution is 2.24. The number of thiocarbonyl (C=S) groups is 1. The van der Waals surface area contributed by atoms with Crippen LogP contribution in [-0.4, -0.2) is 24.3 Å². The molecule has 0 spiro atoms. The molecule has 0 bridgehead atoms. The van der Waals surface area contributed by atoms with Crippen LogP contribution in [0, 0.1) is 11.6 Å². The Morgan fingerprint density at radius 3 is 2.26 bits per heavy atom. The highest BCUT2D eigenvalue weighted by Gasteiger charge is 2.18. The highest BCUT2D eigenvalue weighted by atomic mass is 32.1. The van der Waals surface area contributed by atoms with Gasteiger partial charge in [-0.2, -0.15) is 0 Å². The Kier molecular flexibility index (Phi) is 5.20. The third-order valence-corrected chi connectivity index (χ3v) is 3.02. The Bertz CT molecular complexity index is 455. The zero-order valence-corrected chi connectivity index (χ0v) is 11.9. The van der Waals surface area contributed by atoms with Crippen LogP contribution in [0.2, 0.25) is 0 Å². The van der Waals surface area contributed by atoms with Gasteiger partial charge in [0.25, 0.3) is 0 Å². The van der Waals surface area contributed by atoms with Crippen LogP contribution < -0.4 is 10.5 Å². The number of hydrogen-bond donors (Lipinski definition) is 1. The van der Waals surface area contributed by atoms with Gasteiger partial charge in [-0.3, -0.25) is 0 Å². The van der Waals surface area contributed by atoms with Gasteiger partial charge in [0.2, 0.25) is 0 Å². The van der Waals surface area contributed by atoms with Crippen molar-refractivity contribution in [3.63, 3.8) is 0 Å². The Morgan fingerprint density at radius 1 is 1.32 bits per heavy atom. The van der Waals surface area contributed by atoms with Crippen molar-refractivity contribution >= 4 is 17.2 Å². The topological polar surface area (TPSA) is 44.5 Å². The van der Waals surface area contributed by atoms with Crippen molar-refractivity contribution in [1.82, 2.24) is 0 Å². The van der Waals surface area contributed by atoms with E-state index in [1.165, 1.54) is 0 Å². The van der Waals surface area contributed by atoms with Crippen LogP contribution in [0.3, 0.4) is 0 Å². The SMILES string of the molecule is COC(C)(C)CCOc1c(F)cc(C(N)=S)cc1F. The van der Waals surface area contributed by atoms with Crippen molar-refractivity contribution in [2.45, 2.75) is 25.9 Å². The molecule has 1 aromatic rings. The number of nitrogens with two attached hydrogens (primary N) is 1. The van der Waals surface area contributed by atoms with Crippen molar-refractivity contribution in [2.75, 3.05) is 13.7 Å². The van der Waals surface area contributed by atoms with E-state index in [2.05, 4.69) is 12.2 Å². The van der Waals surface area contributed by atoms with Crippen LogP contribution in [0.1, 0.15) is 25.8 Å². The fourth-order valence-corrected chi connectivity index (χ4v) is 1.46. The van der Waals surface area contributed by atoms with Crippen LogP contribution >= 0.6 is 12.2 Å². The van der Waals surface area contributed by atoms with Crippen molar-refractivity contribution in [1.29, 1.82) is 0 Å². The van der Waals surface area contributed by atoms with Crippen LogP contribution in [0.15, 0.2) is 12.1 Å². The van der Waals surface area contributed by atoms with Gasteiger partial charge in [0.15, 0.2) is 17.4 Å². The second-order valence-corrected chi connectivity index (χ2v) is 5.14. The van der Waals surface area contributed by atoms with E-state index in [4.69, 9.17) is 15.2 Å². The predicted molar refractivity (Wildman–Crippen MR) is 73.4 cm³/mol. The minimum absolute atomic E-state index is 0.0649. The number of halogens is 2. The van der Waals surface area contributed by atoms with E-state index < -0.39 is 23.0 Å². The fourth-order valence-electron chi connectivity index (χ4n) is 1.34. The summed E-state index contributed by atoms with van der Waals surface area (Å²) < 4.78 is 37.6. The lowest BCUT2D eigenvalue weighted by molar-refractivity contribution is 0.00478. The quantitative estimate of drug-likeness (QED) is 0.818. The third kappa shape index (κ3) is 4.40. The van der Waals surface area contributed by atoms with Gasteiger partial charge in [-0.05, 0) is 26.0 Å². The molecule has 1 rings (SSSR count). The first-order valence-corrected chi connectivity index (χ1v) is 6.14. The molecular weight excluding hydrogens is 272 g/mol. The maximum atomic E-state index is 13.7. The van der Waals surface area contributed by atoms with E-state index in [0.717, 1.165) is 12.1 Å². The Hall–Kier alpha value is -1.27. The van der Waals surface area contributed by atoms with Gasteiger partial charge < -0.3 is 15.2 Å². The van der Waals surface area contributed by atoms with E-state index in [-0.39, 0.29) is 17.2 Å². The molecule has 2 N–H and O–H groups in total. The molecule has 0 aromatic heterocycles. The van der Waals surface area contributed by atoms with Gasteiger partial charge in [-0.1, -0.05) is 12.2 Å². The van der Waals surface area contributed by atoms with E-state index in [1.54, 1.807) is 7.11 Å². The first-order valence-electron chi connectivity index (χ1n) is 5.73. The van der Waals surface area contributed by atoms with Crippen molar-refractivity contribution in [3.05, 3.63) is 29.3 Å². The summed E-state index contributed by atoms with van der Waals surface area (Å²) in [4.78, 5) is -0.0649. The summed E-state index contributed by atoms with van der Waals surface area (Å²) in [7, 11) is 1.57. The molecule has 0 saturated heterocycles. The molecule has 0 aliphatic carbocycles. The lowest BCUT2D eigenvalue weighted by Gasteiger charge is -2.22. The molecule has 0 amide bonds. The molecule has 106 valence electrons. The molecule has 0 fully saturated rings. The number of methoxy groups -OCH3 is 1. The zero-order chi connectivity index (χ0) is 14.6. The number of benzene rings is 1. The van der Waals surface area contributed by atoms with E-state index in [0.29, 0.717) is 6.42 Å². The maximum Gasteiger partial charge on any atom is 0.190 e. The second-order valence-electron chi connectivity index (χ2n) is 4.70. The summed E-state index contributed by atoms with van der Waals surface area (Å²) in [5.74, 6) is -2.07. The van der Waals surface area contributed by atoms with E-state index in [9.17, 15) is 8.78 Å². The molecule has 6 heteroatoms. The smallest absolute Gasteiger partial charge is 0.190 e. The molecule has 0 heterocycles. The van der Waals surface area contributed by atoms with Crippen LogP contribution in [0.4, 0.5) is 8.78 Å². The maximum absolute atomic E-state index is 13.7. The van der Waals surface area contributed by atoms with Gasteiger partial charge in [-0.15, -0.1) is 0 Å². The number of hydrogen-bond acceptors (Lipinski definition) is 3. The highest BCUT2D eigenvalue weighted by molar-refractivity contribution is 7.80. The minimum atomic E-state index is -0.821. The third-order valence-electron chi connectivity index (χ3n) is 2.79. The normalized spacial score (nSPS) is 11.4. The summed E-state index contributed by atoms with van der Waals surface area (Å²) >= 11 is 4.66. The average molecular weight is 289 g/mol. The minimum Gasteiger partial charge on any atom is -0.487 e. The van der Waals surface area contributed by atoms with Crippen LogP contribution in [0.5, 0.6) is 5.75 Å². The lowest BCUT2D eigenvalue weighted by Crippen LogP contribution is -2.25. The molecular formula is C13H17F2NO2S. The van der Waals surface area contributed by atoms with Gasteiger partial charge in [-0.25, -0.2) is 8.78 Å². The summed E-state index contributed by atoms with van der Waals surface area (Å²) in [6, 6.07) is 2.12.